The summed E-state index contributed by atoms with van der Waals surface area (Å²) in [6.45, 7) is 7.97. The van der Waals surface area contributed by atoms with Gasteiger partial charge in [0, 0.05) is 37.7 Å². The molecule has 1 saturated heterocycles. The van der Waals surface area contributed by atoms with Crippen molar-refractivity contribution in [2.45, 2.75) is 108 Å². The monoisotopic (exact) mass is 853 g/mol. The van der Waals surface area contributed by atoms with Crippen LogP contribution in [0, 0.1) is 16.7 Å². The fraction of sp³-hybridized carbons (Fsp3) is 0.447. The van der Waals surface area contributed by atoms with E-state index in [4.69, 9.17) is 23.7 Å². The number of nitrogens with one attached hydrogen (secondary N) is 1. The molecule has 3 aliphatic carbocycles. The van der Waals surface area contributed by atoms with Crippen LogP contribution in [-0.2, 0) is 42.9 Å². The molecule has 3 aromatic carbocycles. The summed E-state index contributed by atoms with van der Waals surface area (Å²) < 4.78 is 30.3. The Morgan fingerprint density at radius 2 is 1.40 bits per heavy atom. The van der Waals surface area contributed by atoms with Crippen LogP contribution in [0.4, 0.5) is 0 Å². The van der Waals surface area contributed by atoms with Crippen molar-refractivity contribution in [2.75, 3.05) is 6.61 Å². The number of carbonyl (C=O) groups is 6. The minimum absolute atomic E-state index is 0.00289. The van der Waals surface area contributed by atoms with Gasteiger partial charge < -0.3 is 44.3 Å². The smallest absolute Gasteiger partial charge is 0.338 e. The number of fused-ring (bicyclic) bond motifs is 5. The van der Waals surface area contributed by atoms with Crippen molar-refractivity contribution in [1.82, 2.24) is 5.32 Å². The molecule has 1 heterocycles. The van der Waals surface area contributed by atoms with Gasteiger partial charge in [0.05, 0.1) is 35.6 Å². The Balaban J connectivity index is 1.39. The summed E-state index contributed by atoms with van der Waals surface area (Å²) in [4.78, 5) is 83.5. The lowest BCUT2D eigenvalue weighted by molar-refractivity contribution is -0.346. The Kier molecular flexibility index (Phi) is 11.8. The predicted octanol–water partition coefficient (Wildman–Crippen LogP) is 3.74. The summed E-state index contributed by atoms with van der Waals surface area (Å²) in [5, 5.41) is 40.2. The van der Waals surface area contributed by atoms with Gasteiger partial charge >= 0.3 is 23.9 Å². The van der Waals surface area contributed by atoms with E-state index in [0.29, 0.717) is 5.56 Å². The van der Waals surface area contributed by atoms with Crippen LogP contribution in [0.25, 0.3) is 0 Å². The number of hydrogen-bond acceptors (Lipinski definition) is 14. The number of amides is 1. The van der Waals surface area contributed by atoms with Gasteiger partial charge in [-0.05, 0) is 54.8 Å². The van der Waals surface area contributed by atoms with Gasteiger partial charge in [0.15, 0.2) is 23.6 Å². The molecule has 7 rings (SSSR count). The van der Waals surface area contributed by atoms with Crippen molar-refractivity contribution in [3.8, 4) is 0 Å². The largest absolute Gasteiger partial charge is 0.456 e. The van der Waals surface area contributed by atoms with Gasteiger partial charge in [-0.3, -0.25) is 19.2 Å². The van der Waals surface area contributed by atoms with Crippen LogP contribution < -0.4 is 5.32 Å². The van der Waals surface area contributed by atoms with Crippen molar-refractivity contribution < 1.29 is 67.8 Å². The standard InChI is InChI=1S/C47H51NO14/c1-25-31(60-43(56)36(52)35(28-16-10-7-11-17-28)48-41(54)29-18-12-8-13-19-29)23-47(57)40(61-42(55)30-20-14-9-15-21-30)38-45(6,32(51)22-33-46(38,24-58-33)62-27(3)50)39(53)37(59-26(2)49)34(25)44(47,4)5/h7-21,31-33,35-38,40,51-52,57H,22-24H2,1-6H3,(H,48,54)/t31?,32-,33-,35?,36?,37-,38?,40+,45-,46+,47-/m1/s1. The first-order valence-electron chi connectivity index (χ1n) is 20.5. The number of esters is 4. The third-order valence-electron chi connectivity index (χ3n) is 13.5. The highest BCUT2D eigenvalue weighted by atomic mass is 16.6. The highest BCUT2D eigenvalue weighted by Gasteiger charge is 2.78. The molecule has 4 aliphatic rings. The third-order valence-corrected chi connectivity index (χ3v) is 13.5. The van der Waals surface area contributed by atoms with Crippen LogP contribution in [0.1, 0.15) is 86.7 Å². The maximum Gasteiger partial charge on any atom is 0.338 e. The van der Waals surface area contributed by atoms with Crippen LogP contribution in [0.3, 0.4) is 0 Å². The summed E-state index contributed by atoms with van der Waals surface area (Å²) in [5.74, 6) is -6.84. The van der Waals surface area contributed by atoms with Crippen molar-refractivity contribution in [3.05, 3.63) is 119 Å². The molecular formula is C47H51NO14. The summed E-state index contributed by atoms with van der Waals surface area (Å²) in [5.41, 5.74) is -7.02. The van der Waals surface area contributed by atoms with E-state index in [2.05, 4.69) is 5.32 Å². The number of rotatable bonds is 10. The highest BCUT2D eigenvalue weighted by Crippen LogP contribution is 2.64. The second kappa shape index (κ2) is 16.5. The zero-order valence-electron chi connectivity index (χ0n) is 35.2. The molecule has 4 N–H and O–H groups in total. The third kappa shape index (κ3) is 7.29. The van der Waals surface area contributed by atoms with Gasteiger partial charge in [0.2, 0.25) is 0 Å². The zero-order chi connectivity index (χ0) is 44.9. The first-order valence-corrected chi connectivity index (χ1v) is 20.5. The number of Topliss-reactive ketones (excluding diaryl/α,β-unsaturated/α-hetero) is 1. The highest BCUT2D eigenvalue weighted by molar-refractivity contribution is 5.96. The van der Waals surface area contributed by atoms with E-state index in [9.17, 15) is 39.3 Å². The number of ketones is 1. The lowest BCUT2D eigenvalue weighted by Gasteiger charge is -2.67. The van der Waals surface area contributed by atoms with Gasteiger partial charge in [0.25, 0.3) is 5.91 Å². The molecule has 15 heteroatoms. The SMILES string of the molecule is CC(=O)O[C@H]1C(=O)[C@@]2(C)C([C@H](OC(=O)c3ccccc3)[C@]3(O)CC(OC(=O)C(O)C(NC(=O)c4ccccc4)c4ccccc4)C(C)=C1C3(C)C)[C@]1(OC(C)=O)CO[C@@H]1C[C@H]2O. The molecule has 1 amide bonds. The Morgan fingerprint density at radius 3 is 1.95 bits per heavy atom. The Bertz CT molecular complexity index is 2280. The normalized spacial score (nSPS) is 31.9. The maximum absolute atomic E-state index is 15.5. The molecule has 0 radical (unpaired) electrons. The first kappa shape index (κ1) is 44.3. The van der Waals surface area contributed by atoms with Gasteiger partial charge in [0.1, 0.15) is 23.9 Å². The van der Waals surface area contributed by atoms with Crippen molar-refractivity contribution in [1.29, 1.82) is 0 Å². The second-order valence-electron chi connectivity index (χ2n) is 17.4. The van der Waals surface area contributed by atoms with E-state index in [0.717, 1.165) is 13.8 Å². The quantitative estimate of drug-likeness (QED) is 0.130. The van der Waals surface area contributed by atoms with Crippen molar-refractivity contribution in [3.63, 3.8) is 0 Å². The number of aliphatic hydroxyl groups excluding tert-OH is 2. The molecule has 15 nitrogen and oxygen atoms in total. The Hall–Kier alpha value is -5.74. The van der Waals surface area contributed by atoms with Crippen LogP contribution in [0.15, 0.2) is 102 Å². The first-order chi connectivity index (χ1) is 29.3. The number of ether oxygens (including phenoxy) is 5. The summed E-state index contributed by atoms with van der Waals surface area (Å²) in [6.07, 6.45) is -10.5. The Morgan fingerprint density at radius 1 is 0.823 bits per heavy atom. The predicted molar refractivity (Wildman–Crippen MR) is 218 cm³/mol. The molecule has 3 aromatic rings. The molecule has 3 fully saturated rings. The van der Waals surface area contributed by atoms with E-state index < -0.39 is 113 Å². The number of carbonyl (C=O) groups excluding carboxylic acids is 6. The minimum Gasteiger partial charge on any atom is -0.456 e. The second-order valence-corrected chi connectivity index (χ2v) is 17.4. The number of benzene rings is 3. The molecule has 2 bridgehead atoms. The topological polar surface area (TPSA) is 221 Å². The van der Waals surface area contributed by atoms with Crippen LogP contribution >= 0.6 is 0 Å². The summed E-state index contributed by atoms with van der Waals surface area (Å²) in [7, 11) is 0. The van der Waals surface area contributed by atoms with E-state index in [1.165, 1.54) is 26.0 Å². The van der Waals surface area contributed by atoms with Crippen LogP contribution in [0.5, 0.6) is 0 Å². The molecule has 62 heavy (non-hydrogen) atoms. The molecule has 1 aliphatic heterocycles. The average molecular weight is 854 g/mol. The van der Waals surface area contributed by atoms with E-state index in [-0.39, 0.29) is 35.3 Å². The van der Waals surface area contributed by atoms with Crippen molar-refractivity contribution >= 4 is 35.6 Å². The van der Waals surface area contributed by atoms with Gasteiger partial charge in [-0.2, -0.15) is 0 Å². The average Bonchev–Trinajstić information content (AvgIpc) is 3.24. The van der Waals surface area contributed by atoms with Gasteiger partial charge in [-0.25, -0.2) is 9.59 Å². The van der Waals surface area contributed by atoms with E-state index >= 15 is 4.79 Å². The number of hydrogen-bond donors (Lipinski definition) is 4. The van der Waals surface area contributed by atoms with E-state index in [1.807, 2.05) is 0 Å². The fourth-order valence-corrected chi connectivity index (χ4v) is 10.2. The van der Waals surface area contributed by atoms with Crippen LogP contribution in [0.2, 0.25) is 0 Å². The fourth-order valence-electron chi connectivity index (χ4n) is 10.2. The summed E-state index contributed by atoms with van der Waals surface area (Å²) in [6, 6.07) is 22.9. The molecule has 11 atom stereocenters. The number of aliphatic hydroxyl groups is 3. The maximum atomic E-state index is 15.5. The Labute approximate surface area is 358 Å². The molecule has 2 saturated carbocycles. The molecule has 0 spiro atoms. The molecule has 0 aromatic heterocycles. The van der Waals surface area contributed by atoms with Gasteiger partial charge in [-0.1, -0.05) is 80.6 Å². The summed E-state index contributed by atoms with van der Waals surface area (Å²) >= 11 is 0. The van der Waals surface area contributed by atoms with Crippen molar-refractivity contribution in [2.24, 2.45) is 16.7 Å². The lowest BCUT2D eigenvalue weighted by atomic mass is 9.44. The molecule has 328 valence electrons. The van der Waals surface area contributed by atoms with Gasteiger partial charge in [-0.15, -0.1) is 0 Å². The minimum atomic E-state index is -2.39. The molecule has 4 unspecified atom stereocenters. The van der Waals surface area contributed by atoms with E-state index in [1.54, 1.807) is 92.7 Å². The molecular weight excluding hydrogens is 803 g/mol. The lowest BCUT2D eigenvalue weighted by Crippen LogP contribution is -2.82. The van der Waals surface area contributed by atoms with Crippen LogP contribution in [-0.4, -0.2) is 105 Å². The zero-order valence-corrected chi connectivity index (χ0v) is 35.2.